The number of benzene rings is 1. The average molecular weight is 320 g/mol. The third-order valence-corrected chi connectivity index (χ3v) is 3.89. The Bertz CT molecular complexity index is 712. The predicted octanol–water partition coefficient (Wildman–Crippen LogP) is 2.19. The second kappa shape index (κ2) is 6.20. The maximum atomic E-state index is 12.1. The fourth-order valence-electron chi connectivity index (χ4n) is 1.69. The molecule has 0 aliphatic carbocycles. The van der Waals surface area contributed by atoms with Crippen LogP contribution in [-0.2, 0) is 0 Å². The number of amides is 1. The molecule has 0 saturated carbocycles. The maximum Gasteiger partial charge on any atom is 0.271 e. The summed E-state index contributed by atoms with van der Waals surface area (Å²) in [5, 5.41) is 15.8. The number of hydrogen-bond donors (Lipinski definition) is 2. The summed E-state index contributed by atoms with van der Waals surface area (Å²) in [6.45, 7) is 3.94. The van der Waals surface area contributed by atoms with Crippen LogP contribution in [0.3, 0.4) is 0 Å². The van der Waals surface area contributed by atoms with Crippen LogP contribution in [0.4, 0.5) is 5.69 Å². The first-order chi connectivity index (χ1) is 10.3. The van der Waals surface area contributed by atoms with Crippen molar-refractivity contribution in [2.75, 3.05) is 6.54 Å². The summed E-state index contributed by atoms with van der Waals surface area (Å²) in [6.07, 6.45) is 0. The summed E-state index contributed by atoms with van der Waals surface area (Å²) in [4.78, 5) is 26.7. The van der Waals surface area contributed by atoms with E-state index >= 15 is 0 Å². The zero-order valence-corrected chi connectivity index (χ0v) is 13.0. The number of carbonyl (C=O) groups excluding carboxylic acids is 1. The lowest BCUT2D eigenvalue weighted by molar-refractivity contribution is -0.384. The van der Waals surface area contributed by atoms with Crippen molar-refractivity contribution >= 4 is 22.9 Å². The van der Waals surface area contributed by atoms with Gasteiger partial charge in [-0.05, 0) is 13.8 Å². The Kier molecular flexibility index (Phi) is 4.53. The van der Waals surface area contributed by atoms with E-state index in [0.717, 1.165) is 0 Å². The molecule has 1 aromatic heterocycles. The molecule has 2 aromatic rings. The molecule has 2 rings (SSSR count). The van der Waals surface area contributed by atoms with Gasteiger partial charge in [0.05, 0.1) is 4.92 Å². The molecule has 0 aliphatic heterocycles. The molecule has 7 nitrogen and oxygen atoms in total. The Morgan fingerprint density at radius 3 is 2.86 bits per heavy atom. The van der Waals surface area contributed by atoms with Crippen molar-refractivity contribution in [3.8, 4) is 10.6 Å². The smallest absolute Gasteiger partial charge is 0.271 e. The number of non-ortho nitro benzene ring substituents is 1. The van der Waals surface area contributed by atoms with E-state index in [-0.39, 0.29) is 17.3 Å². The third kappa shape index (κ3) is 3.66. The number of carbonyl (C=O) groups is 1. The molecule has 1 heterocycles. The molecule has 0 radical (unpaired) electrons. The largest absolute Gasteiger partial charge is 0.345 e. The van der Waals surface area contributed by atoms with Crippen LogP contribution in [0.5, 0.6) is 0 Å². The van der Waals surface area contributed by atoms with E-state index in [2.05, 4.69) is 10.3 Å². The van der Waals surface area contributed by atoms with Gasteiger partial charge in [0.25, 0.3) is 11.6 Å². The summed E-state index contributed by atoms with van der Waals surface area (Å²) >= 11 is 1.26. The molecule has 0 saturated heterocycles. The zero-order valence-electron chi connectivity index (χ0n) is 12.2. The van der Waals surface area contributed by atoms with Gasteiger partial charge in [-0.3, -0.25) is 14.9 Å². The Balaban J connectivity index is 2.23. The van der Waals surface area contributed by atoms with Crippen molar-refractivity contribution in [3.63, 3.8) is 0 Å². The van der Waals surface area contributed by atoms with Gasteiger partial charge in [-0.25, -0.2) is 4.98 Å². The van der Waals surface area contributed by atoms with Crippen molar-refractivity contribution in [2.45, 2.75) is 19.4 Å². The minimum Gasteiger partial charge on any atom is -0.345 e. The van der Waals surface area contributed by atoms with Crippen LogP contribution >= 0.6 is 11.3 Å². The SMILES string of the molecule is CC(C)(CN)NC(=O)c1csc(-c2cccc([N+](=O)[O-])c2)n1. The lowest BCUT2D eigenvalue weighted by atomic mass is 10.1. The molecular weight excluding hydrogens is 304 g/mol. The summed E-state index contributed by atoms with van der Waals surface area (Å²) in [6, 6.07) is 6.16. The van der Waals surface area contributed by atoms with Gasteiger partial charge < -0.3 is 11.1 Å². The van der Waals surface area contributed by atoms with E-state index < -0.39 is 10.5 Å². The van der Waals surface area contributed by atoms with Gasteiger partial charge in [-0.2, -0.15) is 0 Å². The molecule has 1 amide bonds. The minimum atomic E-state index is -0.521. The molecule has 8 heteroatoms. The van der Waals surface area contributed by atoms with Crippen LogP contribution in [0.1, 0.15) is 24.3 Å². The van der Waals surface area contributed by atoms with Gasteiger partial charge in [0.1, 0.15) is 10.7 Å². The molecule has 0 bridgehead atoms. The molecule has 1 aromatic carbocycles. The van der Waals surface area contributed by atoms with Crippen LogP contribution < -0.4 is 11.1 Å². The minimum absolute atomic E-state index is 0.0111. The topological polar surface area (TPSA) is 111 Å². The van der Waals surface area contributed by atoms with Crippen LogP contribution in [0.25, 0.3) is 10.6 Å². The van der Waals surface area contributed by atoms with Crippen molar-refractivity contribution in [1.29, 1.82) is 0 Å². The first-order valence-electron chi connectivity index (χ1n) is 6.55. The number of nitro benzene ring substituents is 1. The number of rotatable bonds is 5. The molecule has 22 heavy (non-hydrogen) atoms. The standard InChI is InChI=1S/C14H16N4O3S/c1-14(2,8-15)17-12(19)11-7-22-13(16-11)9-4-3-5-10(6-9)18(20)21/h3-7H,8,15H2,1-2H3,(H,17,19). The molecule has 0 spiro atoms. The van der Waals surface area contributed by atoms with E-state index in [1.54, 1.807) is 17.5 Å². The van der Waals surface area contributed by atoms with Crippen LogP contribution in [0.15, 0.2) is 29.6 Å². The van der Waals surface area contributed by atoms with Crippen LogP contribution in [0, 0.1) is 10.1 Å². The summed E-state index contributed by atoms with van der Waals surface area (Å²) in [5.74, 6) is -0.316. The van der Waals surface area contributed by atoms with Crippen molar-refractivity contribution in [1.82, 2.24) is 10.3 Å². The monoisotopic (exact) mass is 320 g/mol. The van der Waals surface area contributed by atoms with Crippen molar-refractivity contribution in [3.05, 3.63) is 45.5 Å². The highest BCUT2D eigenvalue weighted by Crippen LogP contribution is 2.26. The lowest BCUT2D eigenvalue weighted by Gasteiger charge is -2.23. The van der Waals surface area contributed by atoms with E-state index in [1.807, 2.05) is 13.8 Å². The van der Waals surface area contributed by atoms with Crippen molar-refractivity contribution < 1.29 is 9.72 Å². The van der Waals surface area contributed by atoms with E-state index in [9.17, 15) is 14.9 Å². The number of nitrogens with two attached hydrogens (primary N) is 1. The van der Waals surface area contributed by atoms with Gasteiger partial charge in [0, 0.05) is 35.2 Å². The first kappa shape index (κ1) is 16.1. The number of aromatic nitrogens is 1. The van der Waals surface area contributed by atoms with Gasteiger partial charge in [0.15, 0.2) is 0 Å². The maximum absolute atomic E-state index is 12.1. The highest BCUT2D eigenvalue weighted by atomic mass is 32.1. The Morgan fingerprint density at radius 1 is 1.50 bits per heavy atom. The molecule has 3 N–H and O–H groups in total. The number of nitrogens with zero attached hydrogens (tertiary/aromatic N) is 2. The second-order valence-corrected chi connectivity index (χ2v) is 6.25. The van der Waals surface area contributed by atoms with Gasteiger partial charge in [-0.15, -0.1) is 11.3 Å². The Labute approximate surface area is 131 Å². The average Bonchev–Trinajstić information content (AvgIpc) is 2.97. The van der Waals surface area contributed by atoms with E-state index in [1.165, 1.54) is 23.5 Å². The number of nitrogens with one attached hydrogen (secondary N) is 1. The molecular formula is C14H16N4O3S. The van der Waals surface area contributed by atoms with Crippen LogP contribution in [-0.4, -0.2) is 27.9 Å². The highest BCUT2D eigenvalue weighted by molar-refractivity contribution is 7.13. The fraction of sp³-hybridized carbons (Fsp3) is 0.286. The summed E-state index contributed by atoms with van der Waals surface area (Å²) in [7, 11) is 0. The quantitative estimate of drug-likeness (QED) is 0.648. The Hall–Kier alpha value is -2.32. The fourth-order valence-corrected chi connectivity index (χ4v) is 2.48. The molecule has 0 aliphatic rings. The number of nitro groups is 1. The zero-order chi connectivity index (χ0) is 16.3. The second-order valence-electron chi connectivity index (χ2n) is 5.39. The van der Waals surface area contributed by atoms with Crippen molar-refractivity contribution in [2.24, 2.45) is 5.73 Å². The third-order valence-electron chi connectivity index (χ3n) is 3.00. The van der Waals surface area contributed by atoms with Crippen LogP contribution in [0.2, 0.25) is 0 Å². The normalized spacial score (nSPS) is 11.2. The molecule has 0 fully saturated rings. The van der Waals surface area contributed by atoms with Gasteiger partial charge in [0.2, 0.25) is 0 Å². The summed E-state index contributed by atoms with van der Waals surface area (Å²) in [5.41, 5.74) is 5.92. The van der Waals surface area contributed by atoms with E-state index in [4.69, 9.17) is 5.73 Å². The molecule has 0 atom stereocenters. The summed E-state index contributed by atoms with van der Waals surface area (Å²) < 4.78 is 0. The van der Waals surface area contributed by atoms with Gasteiger partial charge >= 0.3 is 0 Å². The van der Waals surface area contributed by atoms with E-state index in [0.29, 0.717) is 17.1 Å². The predicted molar refractivity (Wildman–Crippen MR) is 84.8 cm³/mol. The first-order valence-corrected chi connectivity index (χ1v) is 7.43. The number of thiazole rings is 1. The molecule has 116 valence electrons. The number of hydrogen-bond acceptors (Lipinski definition) is 6. The molecule has 0 unspecified atom stereocenters. The Morgan fingerprint density at radius 2 is 2.23 bits per heavy atom. The lowest BCUT2D eigenvalue weighted by Crippen LogP contribution is -2.48. The van der Waals surface area contributed by atoms with Gasteiger partial charge in [-0.1, -0.05) is 12.1 Å². The highest BCUT2D eigenvalue weighted by Gasteiger charge is 2.21.